The molecule has 2 aromatic carbocycles. The number of carbonyl (C=O) groups is 1. The van der Waals surface area contributed by atoms with Crippen LogP contribution in [0, 0.1) is 0 Å². The van der Waals surface area contributed by atoms with Gasteiger partial charge in [-0.05, 0) is 30.0 Å². The fraction of sp³-hybridized carbons (Fsp3) is 0.286. The van der Waals surface area contributed by atoms with E-state index in [1.807, 2.05) is 36.4 Å². The van der Waals surface area contributed by atoms with E-state index in [0.29, 0.717) is 0 Å². The molecule has 0 fully saturated rings. The summed E-state index contributed by atoms with van der Waals surface area (Å²) in [6.45, 7) is 3.62. The van der Waals surface area contributed by atoms with Crippen LogP contribution in [0.5, 0.6) is 0 Å². The zero-order valence-electron chi connectivity index (χ0n) is 13.9. The van der Waals surface area contributed by atoms with Gasteiger partial charge >= 0.3 is 5.97 Å². The van der Waals surface area contributed by atoms with Gasteiger partial charge in [-0.2, -0.15) is 0 Å². The van der Waals surface area contributed by atoms with Crippen LogP contribution in [-0.2, 0) is 9.53 Å². The standard InChI is InChI=1S/C21H24O2/c1-3-4-15-21(23-17(2)22)20(19-13-9-6-10-14-19)16-18-11-7-5-8-12-18/h5-14,16,21H,3-4,15H2,1-2H3/b20-16+. The summed E-state index contributed by atoms with van der Waals surface area (Å²) in [5.74, 6) is -0.235. The van der Waals surface area contributed by atoms with Gasteiger partial charge in [-0.3, -0.25) is 4.79 Å². The lowest BCUT2D eigenvalue weighted by atomic mass is 9.94. The Kier molecular flexibility index (Phi) is 6.61. The molecule has 0 aliphatic heterocycles. The monoisotopic (exact) mass is 308 g/mol. The van der Waals surface area contributed by atoms with E-state index in [4.69, 9.17) is 4.74 Å². The van der Waals surface area contributed by atoms with Gasteiger partial charge in [0, 0.05) is 12.5 Å². The first-order chi connectivity index (χ1) is 11.2. The molecule has 2 nitrogen and oxygen atoms in total. The van der Waals surface area contributed by atoms with Crippen LogP contribution < -0.4 is 0 Å². The molecular formula is C21H24O2. The molecular weight excluding hydrogens is 284 g/mol. The highest BCUT2D eigenvalue weighted by molar-refractivity contribution is 5.85. The first-order valence-corrected chi connectivity index (χ1v) is 8.20. The van der Waals surface area contributed by atoms with Crippen molar-refractivity contribution in [1.29, 1.82) is 0 Å². The van der Waals surface area contributed by atoms with Gasteiger partial charge in [0.2, 0.25) is 0 Å². The Hall–Kier alpha value is -2.35. The third-order valence-electron chi connectivity index (χ3n) is 3.70. The Balaban J connectivity index is 2.42. The largest absolute Gasteiger partial charge is 0.458 e. The minimum atomic E-state index is -0.235. The molecule has 1 unspecified atom stereocenters. The third kappa shape index (κ3) is 5.41. The second-order valence-corrected chi connectivity index (χ2v) is 5.62. The lowest BCUT2D eigenvalue weighted by Gasteiger charge is -2.21. The number of esters is 1. The van der Waals surface area contributed by atoms with Gasteiger partial charge < -0.3 is 4.74 Å². The smallest absolute Gasteiger partial charge is 0.303 e. The van der Waals surface area contributed by atoms with E-state index in [-0.39, 0.29) is 12.1 Å². The first-order valence-electron chi connectivity index (χ1n) is 8.20. The van der Waals surface area contributed by atoms with E-state index in [1.54, 1.807) is 0 Å². The Morgan fingerprint density at radius 1 is 1.04 bits per heavy atom. The highest BCUT2D eigenvalue weighted by atomic mass is 16.5. The number of benzene rings is 2. The van der Waals surface area contributed by atoms with Crippen LogP contribution in [0.2, 0.25) is 0 Å². The molecule has 0 radical (unpaired) electrons. The van der Waals surface area contributed by atoms with Crippen LogP contribution >= 0.6 is 0 Å². The molecule has 23 heavy (non-hydrogen) atoms. The summed E-state index contributed by atoms with van der Waals surface area (Å²) in [7, 11) is 0. The Bertz CT molecular complexity index is 629. The van der Waals surface area contributed by atoms with Crippen LogP contribution in [0.1, 0.15) is 44.2 Å². The number of rotatable bonds is 7. The van der Waals surface area contributed by atoms with Crippen molar-refractivity contribution in [1.82, 2.24) is 0 Å². The average Bonchev–Trinajstić information content (AvgIpc) is 2.58. The minimum absolute atomic E-state index is 0.213. The second kappa shape index (κ2) is 8.94. The van der Waals surface area contributed by atoms with E-state index < -0.39 is 0 Å². The van der Waals surface area contributed by atoms with Crippen molar-refractivity contribution in [2.75, 3.05) is 0 Å². The van der Waals surface area contributed by atoms with E-state index in [1.165, 1.54) is 6.92 Å². The predicted molar refractivity (Wildman–Crippen MR) is 95.8 cm³/mol. The molecule has 2 rings (SSSR count). The quantitative estimate of drug-likeness (QED) is 0.509. The van der Waals surface area contributed by atoms with Gasteiger partial charge in [0.25, 0.3) is 0 Å². The van der Waals surface area contributed by atoms with Crippen LogP contribution in [0.3, 0.4) is 0 Å². The minimum Gasteiger partial charge on any atom is -0.458 e. The van der Waals surface area contributed by atoms with Gasteiger partial charge in [0.1, 0.15) is 6.10 Å². The number of hydrogen-bond acceptors (Lipinski definition) is 2. The average molecular weight is 308 g/mol. The summed E-state index contributed by atoms with van der Waals surface area (Å²) in [4.78, 5) is 11.6. The van der Waals surface area contributed by atoms with Crippen molar-refractivity contribution in [2.24, 2.45) is 0 Å². The van der Waals surface area contributed by atoms with Gasteiger partial charge in [-0.25, -0.2) is 0 Å². The molecule has 0 heterocycles. The van der Waals surface area contributed by atoms with Gasteiger partial charge in [-0.1, -0.05) is 74.0 Å². The maximum absolute atomic E-state index is 11.6. The van der Waals surface area contributed by atoms with Crippen molar-refractivity contribution in [2.45, 2.75) is 39.2 Å². The first kappa shape index (κ1) is 17.0. The van der Waals surface area contributed by atoms with Gasteiger partial charge in [-0.15, -0.1) is 0 Å². The van der Waals surface area contributed by atoms with E-state index in [2.05, 4.69) is 37.3 Å². The van der Waals surface area contributed by atoms with Crippen LogP contribution in [0.25, 0.3) is 11.6 Å². The van der Waals surface area contributed by atoms with Crippen LogP contribution in [0.15, 0.2) is 60.7 Å². The summed E-state index contributed by atoms with van der Waals surface area (Å²) < 4.78 is 5.63. The summed E-state index contributed by atoms with van der Waals surface area (Å²) in [5.41, 5.74) is 3.26. The maximum Gasteiger partial charge on any atom is 0.303 e. The Morgan fingerprint density at radius 3 is 2.22 bits per heavy atom. The molecule has 0 aliphatic carbocycles. The molecule has 0 saturated heterocycles. The molecule has 0 aliphatic rings. The molecule has 0 spiro atoms. The fourth-order valence-corrected chi connectivity index (χ4v) is 2.59. The molecule has 1 atom stereocenters. The molecule has 2 aromatic rings. The fourth-order valence-electron chi connectivity index (χ4n) is 2.59. The highest BCUT2D eigenvalue weighted by Gasteiger charge is 2.18. The summed E-state index contributed by atoms with van der Waals surface area (Å²) in [6.07, 6.45) is 4.85. The van der Waals surface area contributed by atoms with Crippen LogP contribution in [0.4, 0.5) is 0 Å². The molecule has 2 heteroatoms. The number of unbranched alkanes of at least 4 members (excludes halogenated alkanes) is 1. The summed E-state index contributed by atoms with van der Waals surface area (Å²) >= 11 is 0. The van der Waals surface area contributed by atoms with Crippen molar-refractivity contribution in [3.05, 3.63) is 71.8 Å². The zero-order chi connectivity index (χ0) is 16.5. The number of ether oxygens (including phenoxy) is 1. The SMILES string of the molecule is CCCCC(OC(C)=O)/C(=C/c1ccccc1)c1ccccc1. The lowest BCUT2D eigenvalue weighted by molar-refractivity contribution is -0.143. The van der Waals surface area contributed by atoms with E-state index in [9.17, 15) is 4.79 Å². The molecule has 0 amide bonds. The summed E-state index contributed by atoms with van der Waals surface area (Å²) in [6, 6.07) is 20.3. The molecule has 0 aromatic heterocycles. The number of carbonyl (C=O) groups excluding carboxylic acids is 1. The van der Waals surface area contributed by atoms with Crippen molar-refractivity contribution >= 4 is 17.6 Å². The van der Waals surface area contributed by atoms with Gasteiger partial charge in [0.15, 0.2) is 0 Å². The number of hydrogen-bond donors (Lipinski definition) is 0. The zero-order valence-corrected chi connectivity index (χ0v) is 13.9. The normalized spacial score (nSPS) is 12.7. The van der Waals surface area contributed by atoms with Crippen molar-refractivity contribution < 1.29 is 9.53 Å². The van der Waals surface area contributed by atoms with E-state index in [0.717, 1.165) is 36.0 Å². The molecule has 0 bridgehead atoms. The molecule has 0 N–H and O–H groups in total. The highest BCUT2D eigenvalue weighted by Crippen LogP contribution is 2.27. The van der Waals surface area contributed by atoms with Crippen LogP contribution in [-0.4, -0.2) is 12.1 Å². The van der Waals surface area contributed by atoms with Crippen molar-refractivity contribution in [3.8, 4) is 0 Å². The van der Waals surface area contributed by atoms with Crippen molar-refractivity contribution in [3.63, 3.8) is 0 Å². The lowest BCUT2D eigenvalue weighted by Crippen LogP contribution is -2.18. The predicted octanol–water partition coefficient (Wildman–Crippen LogP) is 5.35. The van der Waals surface area contributed by atoms with E-state index >= 15 is 0 Å². The second-order valence-electron chi connectivity index (χ2n) is 5.62. The third-order valence-corrected chi connectivity index (χ3v) is 3.70. The summed E-state index contributed by atoms with van der Waals surface area (Å²) in [5, 5.41) is 0. The van der Waals surface area contributed by atoms with Gasteiger partial charge in [0.05, 0.1) is 0 Å². The Labute approximate surface area is 138 Å². The molecule has 120 valence electrons. The maximum atomic E-state index is 11.6. The molecule has 0 saturated carbocycles. The Morgan fingerprint density at radius 2 is 1.65 bits per heavy atom. The topological polar surface area (TPSA) is 26.3 Å².